The van der Waals surface area contributed by atoms with Crippen LogP contribution in [0.5, 0.6) is 0 Å². The van der Waals surface area contributed by atoms with Crippen molar-refractivity contribution >= 4 is 15.9 Å². The number of hydrogen-bond donors (Lipinski definition) is 1. The summed E-state index contributed by atoms with van der Waals surface area (Å²) >= 11 is 3.42. The van der Waals surface area contributed by atoms with Gasteiger partial charge < -0.3 is 10.1 Å². The van der Waals surface area contributed by atoms with E-state index < -0.39 is 0 Å². The Hall–Kier alpha value is -1.23. The number of ether oxygens (including phenoxy) is 1. The number of methoxy groups -OCH3 is 1. The van der Waals surface area contributed by atoms with Crippen LogP contribution in [0.25, 0.3) is 0 Å². The SMILES string of the molecule is CCNC(Cc1ccc(Br)cn1)C(OC)c1ccccc1. The summed E-state index contributed by atoms with van der Waals surface area (Å²) in [5, 5.41) is 3.52. The molecule has 21 heavy (non-hydrogen) atoms. The highest BCUT2D eigenvalue weighted by Gasteiger charge is 2.22. The van der Waals surface area contributed by atoms with Crippen LogP contribution in [0.15, 0.2) is 53.1 Å². The first-order chi connectivity index (χ1) is 10.2. The van der Waals surface area contributed by atoms with Gasteiger partial charge >= 0.3 is 0 Å². The minimum absolute atomic E-state index is 0.0107. The first kappa shape index (κ1) is 16.1. The third-order valence-corrected chi connectivity index (χ3v) is 3.90. The summed E-state index contributed by atoms with van der Waals surface area (Å²) in [7, 11) is 1.76. The molecule has 2 rings (SSSR count). The molecule has 1 N–H and O–H groups in total. The molecule has 2 aromatic rings. The van der Waals surface area contributed by atoms with Crippen LogP contribution in [-0.2, 0) is 11.2 Å². The molecule has 1 aromatic heterocycles. The highest BCUT2D eigenvalue weighted by atomic mass is 79.9. The molecule has 0 radical (unpaired) electrons. The Balaban J connectivity index is 2.18. The fourth-order valence-electron chi connectivity index (χ4n) is 2.48. The van der Waals surface area contributed by atoms with Crippen molar-refractivity contribution < 1.29 is 4.74 Å². The molecule has 0 fully saturated rings. The van der Waals surface area contributed by atoms with Crippen LogP contribution >= 0.6 is 15.9 Å². The molecular weight excluding hydrogens is 328 g/mol. The van der Waals surface area contributed by atoms with Crippen molar-refractivity contribution in [1.82, 2.24) is 10.3 Å². The van der Waals surface area contributed by atoms with E-state index in [1.54, 1.807) is 7.11 Å². The molecule has 0 aliphatic heterocycles. The Bertz CT molecular complexity index is 530. The number of hydrogen-bond acceptors (Lipinski definition) is 3. The predicted octanol–water partition coefficient (Wildman–Crippen LogP) is 3.75. The zero-order valence-electron chi connectivity index (χ0n) is 12.4. The van der Waals surface area contributed by atoms with Crippen LogP contribution < -0.4 is 5.32 Å². The van der Waals surface area contributed by atoms with E-state index in [1.165, 1.54) is 5.56 Å². The molecule has 0 saturated heterocycles. The molecule has 0 aliphatic carbocycles. The number of likely N-dealkylation sites (N-methyl/N-ethyl adjacent to an activating group) is 1. The monoisotopic (exact) mass is 348 g/mol. The molecular formula is C17H21BrN2O. The van der Waals surface area contributed by atoms with Crippen molar-refractivity contribution in [3.8, 4) is 0 Å². The molecule has 112 valence electrons. The van der Waals surface area contributed by atoms with E-state index >= 15 is 0 Å². The molecule has 0 spiro atoms. The average Bonchev–Trinajstić information content (AvgIpc) is 2.51. The van der Waals surface area contributed by atoms with E-state index in [1.807, 2.05) is 36.5 Å². The van der Waals surface area contributed by atoms with Crippen LogP contribution in [0, 0.1) is 0 Å². The summed E-state index contributed by atoms with van der Waals surface area (Å²) in [4.78, 5) is 4.47. The lowest BCUT2D eigenvalue weighted by Crippen LogP contribution is -2.37. The van der Waals surface area contributed by atoms with Crippen LogP contribution in [0.1, 0.15) is 24.3 Å². The molecule has 3 nitrogen and oxygen atoms in total. The van der Waals surface area contributed by atoms with Gasteiger partial charge in [-0.05, 0) is 40.2 Å². The Morgan fingerprint density at radius 1 is 1.19 bits per heavy atom. The zero-order valence-corrected chi connectivity index (χ0v) is 14.0. The third kappa shape index (κ3) is 4.63. The van der Waals surface area contributed by atoms with Gasteiger partial charge in [-0.2, -0.15) is 0 Å². The average molecular weight is 349 g/mol. The number of pyridine rings is 1. The minimum atomic E-state index is 0.0107. The summed E-state index contributed by atoms with van der Waals surface area (Å²) in [5.41, 5.74) is 2.24. The number of nitrogens with one attached hydrogen (secondary N) is 1. The summed E-state index contributed by atoms with van der Waals surface area (Å²) in [6, 6.07) is 14.6. The van der Waals surface area contributed by atoms with E-state index in [2.05, 4.69) is 45.3 Å². The van der Waals surface area contributed by atoms with E-state index in [-0.39, 0.29) is 12.1 Å². The van der Waals surface area contributed by atoms with Crippen molar-refractivity contribution in [1.29, 1.82) is 0 Å². The van der Waals surface area contributed by atoms with Crippen molar-refractivity contribution in [2.75, 3.05) is 13.7 Å². The second kappa shape index (κ2) is 8.27. The van der Waals surface area contributed by atoms with Gasteiger partial charge in [0.1, 0.15) is 0 Å². The molecule has 0 bridgehead atoms. The fourth-order valence-corrected chi connectivity index (χ4v) is 2.71. The second-order valence-corrected chi connectivity index (χ2v) is 5.82. The Morgan fingerprint density at radius 2 is 1.95 bits per heavy atom. The first-order valence-electron chi connectivity index (χ1n) is 7.16. The van der Waals surface area contributed by atoms with Gasteiger partial charge in [-0.1, -0.05) is 37.3 Å². The smallest absolute Gasteiger partial charge is 0.0977 e. The molecule has 0 saturated carbocycles. The van der Waals surface area contributed by atoms with Crippen molar-refractivity contribution in [3.05, 3.63) is 64.4 Å². The summed E-state index contributed by atoms with van der Waals surface area (Å²) in [5.74, 6) is 0. The van der Waals surface area contributed by atoms with Crippen LogP contribution in [0.2, 0.25) is 0 Å². The summed E-state index contributed by atoms with van der Waals surface area (Å²) < 4.78 is 6.75. The van der Waals surface area contributed by atoms with Gasteiger partial charge in [0, 0.05) is 35.9 Å². The summed E-state index contributed by atoms with van der Waals surface area (Å²) in [6.07, 6.45) is 2.67. The highest BCUT2D eigenvalue weighted by Crippen LogP contribution is 2.23. The molecule has 0 amide bonds. The normalized spacial score (nSPS) is 13.9. The van der Waals surface area contributed by atoms with Crippen molar-refractivity contribution in [2.24, 2.45) is 0 Å². The molecule has 2 unspecified atom stereocenters. The number of aromatic nitrogens is 1. The number of halogens is 1. The molecule has 0 aliphatic rings. The molecule has 1 aromatic carbocycles. The lowest BCUT2D eigenvalue weighted by atomic mass is 9.98. The van der Waals surface area contributed by atoms with Gasteiger partial charge in [0.25, 0.3) is 0 Å². The van der Waals surface area contributed by atoms with E-state index in [0.29, 0.717) is 0 Å². The van der Waals surface area contributed by atoms with E-state index in [4.69, 9.17) is 4.74 Å². The van der Waals surface area contributed by atoms with Gasteiger partial charge in [0.2, 0.25) is 0 Å². The van der Waals surface area contributed by atoms with Crippen LogP contribution in [0.3, 0.4) is 0 Å². The topological polar surface area (TPSA) is 34.2 Å². The third-order valence-electron chi connectivity index (χ3n) is 3.43. The highest BCUT2D eigenvalue weighted by molar-refractivity contribution is 9.10. The number of nitrogens with zero attached hydrogens (tertiary/aromatic N) is 1. The number of rotatable bonds is 7. The molecule has 2 atom stereocenters. The standard InChI is InChI=1S/C17H21BrN2O/c1-3-19-16(11-15-10-9-14(18)12-20-15)17(21-2)13-7-5-4-6-8-13/h4-10,12,16-17,19H,3,11H2,1-2H3. The fraction of sp³-hybridized carbons (Fsp3) is 0.353. The van der Waals surface area contributed by atoms with Crippen molar-refractivity contribution in [3.63, 3.8) is 0 Å². The largest absolute Gasteiger partial charge is 0.375 e. The van der Waals surface area contributed by atoms with Crippen molar-refractivity contribution in [2.45, 2.75) is 25.5 Å². The van der Waals surface area contributed by atoms with E-state index in [0.717, 1.165) is 23.1 Å². The maximum Gasteiger partial charge on any atom is 0.0977 e. The lowest BCUT2D eigenvalue weighted by Gasteiger charge is -2.27. The van der Waals surface area contributed by atoms with Gasteiger partial charge in [0.15, 0.2) is 0 Å². The molecule has 4 heteroatoms. The van der Waals surface area contributed by atoms with Gasteiger partial charge in [-0.15, -0.1) is 0 Å². The Morgan fingerprint density at radius 3 is 2.52 bits per heavy atom. The van der Waals surface area contributed by atoms with Crippen LogP contribution in [0.4, 0.5) is 0 Å². The second-order valence-electron chi connectivity index (χ2n) is 4.90. The van der Waals surface area contributed by atoms with Crippen LogP contribution in [-0.4, -0.2) is 24.7 Å². The zero-order chi connectivity index (χ0) is 15.1. The molecule has 1 heterocycles. The van der Waals surface area contributed by atoms with Gasteiger partial charge in [-0.3, -0.25) is 4.98 Å². The maximum absolute atomic E-state index is 5.75. The van der Waals surface area contributed by atoms with Gasteiger partial charge in [0.05, 0.1) is 6.10 Å². The Kier molecular flexibility index (Phi) is 6.36. The number of benzene rings is 1. The predicted molar refractivity (Wildman–Crippen MR) is 89.3 cm³/mol. The quantitative estimate of drug-likeness (QED) is 0.827. The minimum Gasteiger partial charge on any atom is -0.375 e. The van der Waals surface area contributed by atoms with E-state index in [9.17, 15) is 0 Å². The lowest BCUT2D eigenvalue weighted by molar-refractivity contribution is 0.0681. The first-order valence-corrected chi connectivity index (χ1v) is 7.95. The Labute approximate surface area is 134 Å². The summed E-state index contributed by atoms with van der Waals surface area (Å²) in [6.45, 7) is 3.01. The maximum atomic E-state index is 5.75. The van der Waals surface area contributed by atoms with Gasteiger partial charge in [-0.25, -0.2) is 0 Å².